The molecule has 0 aliphatic rings. The van der Waals surface area contributed by atoms with Crippen LogP contribution in [-0.4, -0.2) is 39.1 Å². The molecule has 0 saturated heterocycles. The van der Waals surface area contributed by atoms with E-state index < -0.39 is 4.92 Å². The number of ketones is 1. The Balaban J connectivity index is 2.34. The lowest BCUT2D eigenvalue weighted by Gasteiger charge is -2.13. The predicted molar refractivity (Wildman–Crippen MR) is 102 cm³/mol. The van der Waals surface area contributed by atoms with Crippen LogP contribution in [0.1, 0.15) is 15.9 Å². The van der Waals surface area contributed by atoms with Crippen LogP contribution in [0.2, 0.25) is 0 Å². The number of anilines is 1. The van der Waals surface area contributed by atoms with Gasteiger partial charge in [-0.1, -0.05) is 12.1 Å². The Hall–Kier alpha value is -3.55. The van der Waals surface area contributed by atoms with Gasteiger partial charge in [0.15, 0.2) is 17.3 Å². The van der Waals surface area contributed by atoms with Gasteiger partial charge in [-0.2, -0.15) is 0 Å². The molecule has 0 aliphatic carbocycles. The third-order valence-corrected chi connectivity index (χ3v) is 3.86. The Morgan fingerprint density at radius 3 is 2.19 bits per heavy atom. The Kier molecular flexibility index (Phi) is 6.37. The molecular weight excluding hydrogens is 352 g/mol. The van der Waals surface area contributed by atoms with Crippen LogP contribution in [0.25, 0.3) is 6.08 Å². The van der Waals surface area contributed by atoms with Gasteiger partial charge in [-0.15, -0.1) is 0 Å². The second-order valence-corrected chi connectivity index (χ2v) is 5.40. The van der Waals surface area contributed by atoms with Gasteiger partial charge in [-0.25, -0.2) is 0 Å². The topological polar surface area (TPSA) is 99.9 Å². The summed E-state index contributed by atoms with van der Waals surface area (Å²) in [6.07, 6.45) is 2.84. The van der Waals surface area contributed by atoms with E-state index in [2.05, 4.69) is 5.32 Å². The third kappa shape index (κ3) is 4.35. The normalized spacial score (nSPS) is 10.5. The summed E-state index contributed by atoms with van der Waals surface area (Å²) >= 11 is 0. The van der Waals surface area contributed by atoms with Crippen LogP contribution in [0.4, 0.5) is 11.4 Å². The van der Waals surface area contributed by atoms with E-state index in [-0.39, 0.29) is 11.5 Å². The van der Waals surface area contributed by atoms with Crippen LogP contribution in [0, 0.1) is 10.1 Å². The van der Waals surface area contributed by atoms with Gasteiger partial charge in [0.05, 0.1) is 26.3 Å². The highest BCUT2D eigenvalue weighted by Gasteiger charge is 2.16. The molecule has 0 aliphatic heterocycles. The SMILES string of the molecule is CNc1ccc(C=CC(=O)c2cc(OC)c(OC)c(OC)c2)cc1[N+](=O)[O-]. The number of nitrogens with zero attached hydrogens (tertiary/aromatic N) is 1. The van der Waals surface area contributed by atoms with Crippen LogP contribution < -0.4 is 19.5 Å². The highest BCUT2D eigenvalue weighted by Crippen LogP contribution is 2.38. The highest BCUT2D eigenvalue weighted by atomic mass is 16.6. The van der Waals surface area contributed by atoms with E-state index >= 15 is 0 Å². The molecule has 27 heavy (non-hydrogen) atoms. The van der Waals surface area contributed by atoms with E-state index in [1.807, 2.05) is 0 Å². The molecule has 8 heteroatoms. The maximum atomic E-state index is 12.5. The lowest BCUT2D eigenvalue weighted by Crippen LogP contribution is -2.00. The molecule has 0 amide bonds. The van der Waals surface area contributed by atoms with E-state index in [4.69, 9.17) is 14.2 Å². The average molecular weight is 372 g/mol. The first-order chi connectivity index (χ1) is 12.9. The summed E-state index contributed by atoms with van der Waals surface area (Å²) in [5.41, 5.74) is 1.19. The second-order valence-electron chi connectivity index (χ2n) is 5.40. The number of nitro benzene ring substituents is 1. The Labute approximate surface area is 156 Å². The van der Waals surface area contributed by atoms with Crippen molar-refractivity contribution in [2.75, 3.05) is 33.7 Å². The number of nitrogens with one attached hydrogen (secondary N) is 1. The molecule has 0 atom stereocenters. The molecule has 0 spiro atoms. The number of ether oxygens (including phenoxy) is 3. The van der Waals surface area contributed by atoms with Crippen molar-refractivity contribution < 1.29 is 23.9 Å². The number of allylic oxidation sites excluding steroid dienone is 1. The van der Waals surface area contributed by atoms with Crippen LogP contribution >= 0.6 is 0 Å². The monoisotopic (exact) mass is 372 g/mol. The van der Waals surface area contributed by atoms with E-state index in [1.54, 1.807) is 31.3 Å². The molecule has 1 N–H and O–H groups in total. The molecule has 0 aromatic heterocycles. The van der Waals surface area contributed by atoms with E-state index in [0.717, 1.165) is 0 Å². The Morgan fingerprint density at radius 2 is 1.70 bits per heavy atom. The number of nitro groups is 1. The molecule has 142 valence electrons. The molecule has 0 radical (unpaired) electrons. The summed E-state index contributed by atoms with van der Waals surface area (Å²) in [4.78, 5) is 23.2. The summed E-state index contributed by atoms with van der Waals surface area (Å²) in [5, 5.41) is 13.9. The second kappa shape index (κ2) is 8.70. The maximum absolute atomic E-state index is 12.5. The fraction of sp³-hybridized carbons (Fsp3) is 0.211. The minimum atomic E-state index is -0.482. The number of rotatable bonds is 8. The Morgan fingerprint density at radius 1 is 1.07 bits per heavy atom. The maximum Gasteiger partial charge on any atom is 0.292 e. The molecule has 0 bridgehead atoms. The molecule has 0 unspecified atom stereocenters. The number of methoxy groups -OCH3 is 3. The first kappa shape index (κ1) is 19.8. The van der Waals surface area contributed by atoms with Gasteiger partial charge in [0.25, 0.3) is 5.69 Å². The van der Waals surface area contributed by atoms with Crippen molar-refractivity contribution in [2.45, 2.75) is 0 Å². The quantitative estimate of drug-likeness (QED) is 0.327. The molecule has 0 heterocycles. The van der Waals surface area contributed by atoms with Crippen LogP contribution in [0.15, 0.2) is 36.4 Å². The summed E-state index contributed by atoms with van der Waals surface area (Å²) in [6.45, 7) is 0. The predicted octanol–water partition coefficient (Wildman–Crippen LogP) is 3.56. The van der Waals surface area contributed by atoms with Gasteiger partial charge in [0, 0.05) is 18.7 Å². The van der Waals surface area contributed by atoms with Crippen molar-refractivity contribution in [2.24, 2.45) is 0 Å². The van der Waals surface area contributed by atoms with Crippen LogP contribution in [0.3, 0.4) is 0 Å². The largest absolute Gasteiger partial charge is 0.493 e. The van der Waals surface area contributed by atoms with Gasteiger partial charge in [0.1, 0.15) is 5.69 Å². The van der Waals surface area contributed by atoms with Crippen molar-refractivity contribution in [3.05, 3.63) is 57.6 Å². The zero-order valence-corrected chi connectivity index (χ0v) is 15.4. The number of hydrogen-bond donors (Lipinski definition) is 1. The molecule has 2 aromatic rings. The summed E-state index contributed by atoms with van der Waals surface area (Å²) in [5.74, 6) is 0.804. The summed E-state index contributed by atoms with van der Waals surface area (Å²) in [7, 11) is 6.00. The minimum Gasteiger partial charge on any atom is -0.493 e. The van der Waals surface area contributed by atoms with Gasteiger partial charge in [-0.3, -0.25) is 14.9 Å². The van der Waals surface area contributed by atoms with Gasteiger partial charge in [-0.05, 0) is 29.8 Å². The molecule has 8 nitrogen and oxygen atoms in total. The fourth-order valence-electron chi connectivity index (χ4n) is 2.51. The molecule has 0 fully saturated rings. The fourth-order valence-corrected chi connectivity index (χ4v) is 2.51. The average Bonchev–Trinajstić information content (AvgIpc) is 2.70. The molecule has 2 rings (SSSR count). The van der Waals surface area contributed by atoms with Crippen molar-refractivity contribution >= 4 is 23.2 Å². The van der Waals surface area contributed by atoms with Crippen molar-refractivity contribution in [3.63, 3.8) is 0 Å². The lowest BCUT2D eigenvalue weighted by atomic mass is 10.1. The zero-order chi connectivity index (χ0) is 20.0. The van der Waals surface area contributed by atoms with E-state index in [0.29, 0.717) is 34.1 Å². The van der Waals surface area contributed by atoms with Gasteiger partial charge >= 0.3 is 0 Å². The molecular formula is C19H20N2O6. The first-order valence-corrected chi connectivity index (χ1v) is 7.93. The third-order valence-electron chi connectivity index (χ3n) is 3.86. The summed E-state index contributed by atoms with van der Waals surface area (Å²) < 4.78 is 15.7. The molecule has 2 aromatic carbocycles. The number of carbonyl (C=O) groups excluding carboxylic acids is 1. The number of hydrogen-bond acceptors (Lipinski definition) is 7. The minimum absolute atomic E-state index is 0.0696. The smallest absolute Gasteiger partial charge is 0.292 e. The highest BCUT2D eigenvalue weighted by molar-refractivity contribution is 6.07. The van der Waals surface area contributed by atoms with Crippen molar-refractivity contribution in [3.8, 4) is 17.2 Å². The number of carbonyl (C=O) groups is 1. The standard InChI is InChI=1S/C19H20N2O6/c1-20-14-7-5-12(9-15(14)21(23)24)6-8-16(22)13-10-17(25-2)19(27-4)18(11-13)26-3/h5-11,20H,1-4H3. The molecule has 0 saturated carbocycles. The van der Waals surface area contributed by atoms with E-state index in [9.17, 15) is 14.9 Å². The Bertz CT molecular complexity index is 867. The zero-order valence-electron chi connectivity index (χ0n) is 15.4. The van der Waals surface area contributed by atoms with Crippen LogP contribution in [-0.2, 0) is 0 Å². The first-order valence-electron chi connectivity index (χ1n) is 7.93. The van der Waals surface area contributed by atoms with Gasteiger partial charge < -0.3 is 19.5 Å². The van der Waals surface area contributed by atoms with Gasteiger partial charge in [0.2, 0.25) is 5.75 Å². The van der Waals surface area contributed by atoms with Crippen molar-refractivity contribution in [1.82, 2.24) is 0 Å². The number of benzene rings is 2. The summed E-state index contributed by atoms with van der Waals surface area (Å²) in [6, 6.07) is 7.74. The van der Waals surface area contributed by atoms with E-state index in [1.165, 1.54) is 39.5 Å². The van der Waals surface area contributed by atoms with Crippen LogP contribution in [0.5, 0.6) is 17.2 Å². The van der Waals surface area contributed by atoms with Crippen molar-refractivity contribution in [1.29, 1.82) is 0 Å². The lowest BCUT2D eigenvalue weighted by molar-refractivity contribution is -0.383.